The quantitative estimate of drug-likeness (QED) is 0.620. The summed E-state index contributed by atoms with van der Waals surface area (Å²) in [7, 11) is 0. The van der Waals surface area contributed by atoms with Crippen LogP contribution in [0.3, 0.4) is 0 Å². The lowest BCUT2D eigenvalue weighted by Crippen LogP contribution is -2.55. The second kappa shape index (κ2) is 3.13. The summed E-state index contributed by atoms with van der Waals surface area (Å²) >= 11 is 1.56. The molecule has 1 saturated heterocycles. The first-order valence-electron chi connectivity index (χ1n) is 3.20. The lowest BCUT2D eigenvalue weighted by Gasteiger charge is -2.33. The number of thioether (sulfide) groups is 1. The van der Waals surface area contributed by atoms with Crippen molar-refractivity contribution in [1.82, 2.24) is 4.90 Å². The summed E-state index contributed by atoms with van der Waals surface area (Å²) in [4.78, 5) is 22.0. The first kappa shape index (κ1) is 8.39. The zero-order chi connectivity index (χ0) is 8.43. The molecule has 0 aromatic heterocycles. The molecule has 5 heteroatoms. The minimum Gasteiger partial charge on any atom is -0.465 e. The Bertz CT molecular complexity index is 194. The van der Waals surface area contributed by atoms with E-state index in [2.05, 4.69) is 0 Å². The molecule has 0 bridgehead atoms. The van der Waals surface area contributed by atoms with Gasteiger partial charge in [-0.2, -0.15) is 11.8 Å². The highest BCUT2D eigenvalue weighted by Gasteiger charge is 2.40. The molecule has 0 aliphatic carbocycles. The Morgan fingerprint density at radius 3 is 2.91 bits per heavy atom. The number of imide groups is 1. The zero-order valence-electron chi connectivity index (χ0n) is 6.11. The van der Waals surface area contributed by atoms with Crippen molar-refractivity contribution in [3.63, 3.8) is 0 Å². The molecule has 62 valence electrons. The van der Waals surface area contributed by atoms with Crippen molar-refractivity contribution in [3.8, 4) is 0 Å². The number of nitrogens with zero attached hydrogens (tertiary/aromatic N) is 1. The van der Waals surface area contributed by atoms with Gasteiger partial charge in [0.2, 0.25) is 5.91 Å². The number of rotatable bonds is 2. The van der Waals surface area contributed by atoms with Crippen LogP contribution in [0.2, 0.25) is 0 Å². The third-order valence-electron chi connectivity index (χ3n) is 1.62. The molecule has 1 N–H and O–H groups in total. The highest BCUT2D eigenvalue weighted by Crippen LogP contribution is 2.20. The van der Waals surface area contributed by atoms with Crippen molar-refractivity contribution in [2.75, 3.05) is 18.6 Å². The Morgan fingerprint density at radius 2 is 2.55 bits per heavy atom. The van der Waals surface area contributed by atoms with Gasteiger partial charge in [-0.3, -0.25) is 4.79 Å². The fourth-order valence-electron chi connectivity index (χ4n) is 0.994. The summed E-state index contributed by atoms with van der Waals surface area (Å²) in [5, 5.41) is 8.39. The van der Waals surface area contributed by atoms with Crippen LogP contribution in [0.25, 0.3) is 0 Å². The minimum absolute atomic E-state index is 0.0684. The average Bonchev–Trinajstić information content (AvgIpc) is 1.95. The predicted octanol–water partition coefficient (Wildman–Crippen LogP) is 0.486. The van der Waals surface area contributed by atoms with Crippen molar-refractivity contribution in [1.29, 1.82) is 0 Å². The molecule has 1 aliphatic heterocycles. The van der Waals surface area contributed by atoms with Crippen LogP contribution in [0.15, 0.2) is 0 Å². The van der Waals surface area contributed by atoms with E-state index in [9.17, 15) is 9.59 Å². The molecule has 1 rings (SSSR count). The van der Waals surface area contributed by atoms with Gasteiger partial charge in [-0.1, -0.05) is 0 Å². The Labute approximate surface area is 68.6 Å². The molecular weight excluding hydrogens is 166 g/mol. The number of hydrogen-bond acceptors (Lipinski definition) is 3. The van der Waals surface area contributed by atoms with Gasteiger partial charge in [-0.15, -0.1) is 0 Å². The lowest BCUT2D eigenvalue weighted by atomic mass is 10.0. The summed E-state index contributed by atoms with van der Waals surface area (Å²) in [6.45, 7) is 0.370. The van der Waals surface area contributed by atoms with Crippen molar-refractivity contribution in [3.05, 3.63) is 0 Å². The van der Waals surface area contributed by atoms with E-state index in [1.807, 2.05) is 6.26 Å². The highest BCUT2D eigenvalue weighted by atomic mass is 32.2. The summed E-state index contributed by atoms with van der Waals surface area (Å²) in [6, 6.07) is 0. The molecule has 2 amide bonds. The summed E-state index contributed by atoms with van der Waals surface area (Å²) in [5.74, 6) is 0.399. The van der Waals surface area contributed by atoms with Gasteiger partial charge in [-0.25, -0.2) is 9.69 Å². The zero-order valence-corrected chi connectivity index (χ0v) is 6.93. The molecule has 4 nitrogen and oxygen atoms in total. The molecule has 1 atom stereocenters. The van der Waals surface area contributed by atoms with Crippen LogP contribution < -0.4 is 0 Å². The Hall–Kier alpha value is -0.710. The summed E-state index contributed by atoms with van der Waals surface area (Å²) in [6.07, 6.45) is 0.767. The SMILES string of the molecule is CSCC1CN(C(=O)O)C1=O. The van der Waals surface area contributed by atoms with Crippen LogP contribution in [0.5, 0.6) is 0 Å². The number of β-lactam (4-membered cyclic amide) rings is 1. The normalized spacial score (nSPS) is 23.2. The minimum atomic E-state index is -1.13. The van der Waals surface area contributed by atoms with Crippen molar-refractivity contribution >= 4 is 23.8 Å². The number of likely N-dealkylation sites (tertiary alicyclic amines) is 1. The maximum atomic E-state index is 10.9. The molecule has 1 unspecified atom stereocenters. The van der Waals surface area contributed by atoms with E-state index in [0.717, 1.165) is 10.7 Å². The fourth-order valence-corrected chi connectivity index (χ4v) is 1.64. The van der Waals surface area contributed by atoms with Gasteiger partial charge in [-0.05, 0) is 6.26 Å². The molecule has 1 aliphatic rings. The largest absolute Gasteiger partial charge is 0.465 e. The molecule has 0 radical (unpaired) electrons. The molecule has 1 fully saturated rings. The van der Waals surface area contributed by atoms with Crippen LogP contribution in [0.1, 0.15) is 0 Å². The van der Waals surface area contributed by atoms with E-state index >= 15 is 0 Å². The maximum Gasteiger partial charge on any atom is 0.414 e. The Kier molecular flexibility index (Phi) is 2.38. The standard InChI is InChI=1S/C6H9NO3S/c1-11-3-4-2-7(5(4)8)6(9)10/h4H,2-3H2,1H3,(H,9,10). The van der Waals surface area contributed by atoms with Crippen LogP contribution in [0.4, 0.5) is 4.79 Å². The second-order valence-electron chi connectivity index (χ2n) is 2.38. The monoisotopic (exact) mass is 175 g/mol. The molecule has 0 aromatic rings. The third kappa shape index (κ3) is 1.48. The van der Waals surface area contributed by atoms with E-state index in [1.54, 1.807) is 11.8 Å². The average molecular weight is 175 g/mol. The highest BCUT2D eigenvalue weighted by molar-refractivity contribution is 7.98. The summed E-state index contributed by atoms with van der Waals surface area (Å²) in [5.41, 5.74) is 0. The fraction of sp³-hybridized carbons (Fsp3) is 0.667. The number of hydrogen-bond donors (Lipinski definition) is 1. The third-order valence-corrected chi connectivity index (χ3v) is 2.35. The number of carbonyl (C=O) groups excluding carboxylic acids is 1. The van der Waals surface area contributed by atoms with Crippen LogP contribution in [0, 0.1) is 5.92 Å². The van der Waals surface area contributed by atoms with E-state index in [1.165, 1.54) is 0 Å². The van der Waals surface area contributed by atoms with Crippen LogP contribution >= 0.6 is 11.8 Å². The van der Waals surface area contributed by atoms with Gasteiger partial charge in [0.05, 0.1) is 5.92 Å². The molecule has 0 aromatic carbocycles. The molecule has 0 spiro atoms. The van der Waals surface area contributed by atoms with E-state index in [-0.39, 0.29) is 11.8 Å². The van der Waals surface area contributed by atoms with E-state index in [4.69, 9.17) is 5.11 Å². The number of carbonyl (C=O) groups is 2. The second-order valence-corrected chi connectivity index (χ2v) is 3.29. The molecule has 1 heterocycles. The van der Waals surface area contributed by atoms with Crippen molar-refractivity contribution in [2.45, 2.75) is 0 Å². The summed E-state index contributed by atoms with van der Waals surface area (Å²) < 4.78 is 0. The van der Waals surface area contributed by atoms with Gasteiger partial charge in [0, 0.05) is 12.3 Å². The number of carboxylic acid groups (broad SMARTS) is 1. The van der Waals surface area contributed by atoms with Crippen LogP contribution in [-0.4, -0.2) is 40.6 Å². The Balaban J connectivity index is 2.38. The first-order chi connectivity index (χ1) is 5.16. The topological polar surface area (TPSA) is 57.6 Å². The lowest BCUT2D eigenvalue weighted by molar-refractivity contribution is -0.142. The van der Waals surface area contributed by atoms with E-state index in [0.29, 0.717) is 6.54 Å². The predicted molar refractivity (Wildman–Crippen MR) is 41.6 cm³/mol. The smallest absolute Gasteiger partial charge is 0.414 e. The van der Waals surface area contributed by atoms with Crippen molar-refractivity contribution in [2.24, 2.45) is 5.92 Å². The molecule has 11 heavy (non-hydrogen) atoms. The molecule has 0 saturated carbocycles. The number of amides is 2. The van der Waals surface area contributed by atoms with Gasteiger partial charge in [0.15, 0.2) is 0 Å². The van der Waals surface area contributed by atoms with Gasteiger partial charge >= 0.3 is 6.09 Å². The first-order valence-corrected chi connectivity index (χ1v) is 4.59. The van der Waals surface area contributed by atoms with Gasteiger partial charge in [0.25, 0.3) is 0 Å². The van der Waals surface area contributed by atoms with Crippen LogP contribution in [-0.2, 0) is 4.79 Å². The van der Waals surface area contributed by atoms with Gasteiger partial charge < -0.3 is 5.11 Å². The molecular formula is C6H9NO3S. The maximum absolute atomic E-state index is 10.9. The van der Waals surface area contributed by atoms with Crippen molar-refractivity contribution < 1.29 is 14.7 Å². The van der Waals surface area contributed by atoms with E-state index < -0.39 is 6.09 Å². The van der Waals surface area contributed by atoms with Gasteiger partial charge in [0.1, 0.15) is 0 Å². The Morgan fingerprint density at radius 1 is 1.91 bits per heavy atom.